The van der Waals surface area contributed by atoms with E-state index in [-0.39, 0.29) is 11.6 Å². The van der Waals surface area contributed by atoms with Crippen LogP contribution in [0.1, 0.15) is 40.2 Å². The van der Waals surface area contributed by atoms with Gasteiger partial charge in [-0.1, -0.05) is 0 Å². The number of anilines is 1. The molecule has 3 heteroatoms. The van der Waals surface area contributed by atoms with Crippen LogP contribution in [0.2, 0.25) is 0 Å². The lowest BCUT2D eigenvalue weighted by atomic mass is 10.1. The Morgan fingerprint density at radius 1 is 1.16 bits per heavy atom. The number of ether oxygens (including phenoxy) is 1. The minimum atomic E-state index is 0.172. The molecule has 0 heterocycles. The van der Waals surface area contributed by atoms with E-state index >= 15 is 0 Å². The third-order valence-corrected chi connectivity index (χ3v) is 2.67. The molecule has 1 rings (SSSR count). The average molecular weight is 264 g/mol. The molecular formula is C16H28N2O. The largest absolute Gasteiger partial charge is 0.491 e. The van der Waals surface area contributed by atoms with Gasteiger partial charge in [0.25, 0.3) is 0 Å². The lowest BCUT2D eigenvalue weighted by molar-refractivity contribution is 0.242. The van der Waals surface area contributed by atoms with Crippen molar-refractivity contribution in [2.24, 2.45) is 0 Å². The SMILES string of the molecule is Cc1cc(OC(C)C)ccc1NCCNC(C)(C)C. The van der Waals surface area contributed by atoms with Gasteiger partial charge in [0, 0.05) is 24.3 Å². The number of benzene rings is 1. The fourth-order valence-corrected chi connectivity index (χ4v) is 1.81. The second kappa shape index (κ2) is 6.80. The zero-order chi connectivity index (χ0) is 14.5. The molecule has 108 valence electrons. The Labute approximate surface area is 117 Å². The van der Waals surface area contributed by atoms with Gasteiger partial charge in [-0.05, 0) is 65.3 Å². The van der Waals surface area contributed by atoms with Gasteiger partial charge in [-0.2, -0.15) is 0 Å². The van der Waals surface area contributed by atoms with Crippen molar-refractivity contribution in [1.29, 1.82) is 0 Å². The van der Waals surface area contributed by atoms with Crippen LogP contribution in [-0.2, 0) is 0 Å². The van der Waals surface area contributed by atoms with E-state index in [2.05, 4.69) is 50.5 Å². The first-order chi connectivity index (χ1) is 8.78. The van der Waals surface area contributed by atoms with Crippen molar-refractivity contribution in [3.8, 4) is 5.75 Å². The Kier molecular flexibility index (Phi) is 5.67. The van der Waals surface area contributed by atoms with Crippen LogP contribution in [0.15, 0.2) is 18.2 Å². The Morgan fingerprint density at radius 3 is 2.37 bits per heavy atom. The first kappa shape index (κ1) is 15.8. The van der Waals surface area contributed by atoms with Crippen LogP contribution < -0.4 is 15.4 Å². The molecule has 0 fully saturated rings. The highest BCUT2D eigenvalue weighted by Gasteiger charge is 2.07. The summed E-state index contributed by atoms with van der Waals surface area (Å²) in [5.41, 5.74) is 2.56. The molecule has 0 aliphatic rings. The molecule has 0 aromatic heterocycles. The Bertz CT molecular complexity index is 394. The van der Waals surface area contributed by atoms with E-state index in [1.165, 1.54) is 11.3 Å². The lowest BCUT2D eigenvalue weighted by Crippen LogP contribution is -2.38. The van der Waals surface area contributed by atoms with Crippen LogP contribution in [0.25, 0.3) is 0 Å². The Hall–Kier alpha value is -1.22. The van der Waals surface area contributed by atoms with Gasteiger partial charge in [0.2, 0.25) is 0 Å². The number of nitrogens with one attached hydrogen (secondary N) is 2. The van der Waals surface area contributed by atoms with Crippen LogP contribution in [-0.4, -0.2) is 24.7 Å². The number of hydrogen-bond donors (Lipinski definition) is 2. The molecule has 3 nitrogen and oxygen atoms in total. The van der Waals surface area contributed by atoms with Gasteiger partial charge < -0.3 is 15.4 Å². The van der Waals surface area contributed by atoms with Gasteiger partial charge in [-0.25, -0.2) is 0 Å². The average Bonchev–Trinajstić information content (AvgIpc) is 2.24. The van der Waals surface area contributed by atoms with Gasteiger partial charge in [0.15, 0.2) is 0 Å². The highest BCUT2D eigenvalue weighted by atomic mass is 16.5. The predicted octanol–water partition coefficient (Wildman–Crippen LogP) is 3.58. The van der Waals surface area contributed by atoms with Gasteiger partial charge in [-0.3, -0.25) is 0 Å². The molecule has 0 amide bonds. The molecule has 2 N–H and O–H groups in total. The van der Waals surface area contributed by atoms with Gasteiger partial charge >= 0.3 is 0 Å². The summed E-state index contributed by atoms with van der Waals surface area (Å²) < 4.78 is 5.68. The van der Waals surface area contributed by atoms with E-state index in [0.29, 0.717) is 0 Å². The Morgan fingerprint density at radius 2 is 1.84 bits per heavy atom. The predicted molar refractivity (Wildman–Crippen MR) is 83.2 cm³/mol. The van der Waals surface area contributed by atoms with E-state index in [1.54, 1.807) is 0 Å². The molecule has 1 aromatic carbocycles. The first-order valence-electron chi connectivity index (χ1n) is 7.04. The summed E-state index contributed by atoms with van der Waals surface area (Å²) in [6.07, 6.45) is 0.217. The van der Waals surface area contributed by atoms with Crippen molar-refractivity contribution in [3.05, 3.63) is 23.8 Å². The number of aryl methyl sites for hydroxylation is 1. The zero-order valence-electron chi connectivity index (χ0n) is 13.1. The van der Waals surface area contributed by atoms with Crippen molar-refractivity contribution >= 4 is 5.69 Å². The molecule has 0 aliphatic heterocycles. The first-order valence-corrected chi connectivity index (χ1v) is 7.04. The molecule has 0 unspecified atom stereocenters. The minimum Gasteiger partial charge on any atom is -0.491 e. The topological polar surface area (TPSA) is 33.3 Å². The van der Waals surface area contributed by atoms with E-state index in [1.807, 2.05) is 19.9 Å². The summed E-state index contributed by atoms with van der Waals surface area (Å²) in [6, 6.07) is 6.19. The summed E-state index contributed by atoms with van der Waals surface area (Å²) in [5, 5.41) is 6.91. The molecule has 0 atom stereocenters. The zero-order valence-corrected chi connectivity index (χ0v) is 13.1. The lowest BCUT2D eigenvalue weighted by Gasteiger charge is -2.21. The summed E-state index contributed by atoms with van der Waals surface area (Å²) in [6.45, 7) is 14.6. The van der Waals surface area contributed by atoms with Crippen LogP contribution in [0.5, 0.6) is 5.75 Å². The maximum Gasteiger partial charge on any atom is 0.120 e. The summed E-state index contributed by atoms with van der Waals surface area (Å²) >= 11 is 0. The molecule has 0 saturated carbocycles. The fraction of sp³-hybridized carbons (Fsp3) is 0.625. The third-order valence-electron chi connectivity index (χ3n) is 2.67. The number of rotatable bonds is 6. The van der Waals surface area contributed by atoms with Crippen molar-refractivity contribution in [3.63, 3.8) is 0 Å². The highest BCUT2D eigenvalue weighted by molar-refractivity contribution is 5.53. The van der Waals surface area contributed by atoms with Crippen LogP contribution in [0, 0.1) is 6.92 Å². The molecular weight excluding hydrogens is 236 g/mol. The molecule has 0 saturated heterocycles. The normalized spacial score (nSPS) is 11.7. The van der Waals surface area contributed by atoms with E-state index in [0.717, 1.165) is 18.8 Å². The highest BCUT2D eigenvalue weighted by Crippen LogP contribution is 2.21. The second-order valence-electron chi connectivity index (χ2n) is 6.25. The summed E-state index contributed by atoms with van der Waals surface area (Å²) in [4.78, 5) is 0. The third kappa shape index (κ3) is 6.48. The molecule has 19 heavy (non-hydrogen) atoms. The van der Waals surface area contributed by atoms with Gasteiger partial charge in [0.05, 0.1) is 6.10 Å². The van der Waals surface area contributed by atoms with E-state index in [4.69, 9.17) is 4.74 Å². The van der Waals surface area contributed by atoms with Gasteiger partial charge in [0.1, 0.15) is 5.75 Å². The number of hydrogen-bond acceptors (Lipinski definition) is 3. The van der Waals surface area contributed by atoms with Crippen molar-refractivity contribution < 1.29 is 4.74 Å². The standard InChI is InChI=1S/C16H28N2O/c1-12(2)19-14-7-8-15(13(3)11-14)17-9-10-18-16(4,5)6/h7-8,11-12,17-18H,9-10H2,1-6H3. The van der Waals surface area contributed by atoms with E-state index in [9.17, 15) is 0 Å². The fourth-order valence-electron chi connectivity index (χ4n) is 1.81. The van der Waals surface area contributed by atoms with Crippen LogP contribution in [0.4, 0.5) is 5.69 Å². The molecule has 0 spiro atoms. The van der Waals surface area contributed by atoms with Crippen molar-refractivity contribution in [2.75, 3.05) is 18.4 Å². The van der Waals surface area contributed by atoms with Crippen molar-refractivity contribution in [1.82, 2.24) is 5.32 Å². The van der Waals surface area contributed by atoms with E-state index < -0.39 is 0 Å². The minimum absolute atomic E-state index is 0.172. The smallest absolute Gasteiger partial charge is 0.120 e. The van der Waals surface area contributed by atoms with Crippen LogP contribution in [0.3, 0.4) is 0 Å². The molecule has 1 aromatic rings. The monoisotopic (exact) mass is 264 g/mol. The quantitative estimate of drug-likeness (QED) is 0.770. The van der Waals surface area contributed by atoms with Gasteiger partial charge in [-0.15, -0.1) is 0 Å². The maximum atomic E-state index is 5.68. The summed E-state index contributed by atoms with van der Waals surface area (Å²) in [5.74, 6) is 0.936. The molecule has 0 radical (unpaired) electrons. The summed E-state index contributed by atoms with van der Waals surface area (Å²) in [7, 11) is 0. The Balaban J connectivity index is 2.46. The van der Waals surface area contributed by atoms with Crippen molar-refractivity contribution in [2.45, 2.75) is 53.2 Å². The second-order valence-corrected chi connectivity index (χ2v) is 6.25. The maximum absolute atomic E-state index is 5.68. The molecule has 0 aliphatic carbocycles. The molecule has 0 bridgehead atoms. The van der Waals surface area contributed by atoms with Crippen LogP contribution >= 0.6 is 0 Å².